The molecular weight excluding hydrogens is 308 g/mol. The molecular formula is C15H17ClN2O2S. The van der Waals surface area contributed by atoms with E-state index in [2.05, 4.69) is 5.10 Å². The summed E-state index contributed by atoms with van der Waals surface area (Å²) in [5, 5.41) is 4.87. The van der Waals surface area contributed by atoms with Gasteiger partial charge in [0.2, 0.25) is 0 Å². The van der Waals surface area contributed by atoms with E-state index in [1.807, 2.05) is 38.1 Å². The molecule has 0 radical (unpaired) electrons. The molecule has 0 bridgehead atoms. The summed E-state index contributed by atoms with van der Waals surface area (Å²) in [4.78, 5) is 13.4. The molecule has 0 saturated carbocycles. The SMILES string of the molecule is COc1cnn(C(C)C)c1C(=O)CSc1ccccc1Cl. The summed E-state index contributed by atoms with van der Waals surface area (Å²) < 4.78 is 6.92. The average Bonchev–Trinajstić information content (AvgIpc) is 2.90. The van der Waals surface area contributed by atoms with Gasteiger partial charge in [-0.3, -0.25) is 9.48 Å². The zero-order chi connectivity index (χ0) is 15.4. The first-order chi connectivity index (χ1) is 10.0. The Kier molecular flexibility index (Phi) is 5.31. The number of thioether (sulfide) groups is 1. The van der Waals surface area contributed by atoms with Gasteiger partial charge in [0.15, 0.2) is 11.5 Å². The van der Waals surface area contributed by atoms with E-state index in [1.165, 1.54) is 11.8 Å². The third-order valence-electron chi connectivity index (χ3n) is 2.93. The van der Waals surface area contributed by atoms with Crippen molar-refractivity contribution in [3.8, 4) is 5.75 Å². The van der Waals surface area contributed by atoms with Crippen molar-refractivity contribution in [2.45, 2.75) is 24.8 Å². The standard InChI is InChI=1S/C15H17ClN2O2S/c1-10(2)18-15(13(20-3)8-17-18)12(19)9-21-14-7-5-4-6-11(14)16/h4-8,10H,9H2,1-3H3. The van der Waals surface area contributed by atoms with Gasteiger partial charge in [0.1, 0.15) is 5.69 Å². The number of rotatable bonds is 6. The lowest BCUT2D eigenvalue weighted by Crippen LogP contribution is -2.15. The molecule has 21 heavy (non-hydrogen) atoms. The van der Waals surface area contributed by atoms with Crippen LogP contribution in [0.2, 0.25) is 5.02 Å². The third kappa shape index (κ3) is 3.60. The molecule has 0 amide bonds. The molecule has 0 N–H and O–H groups in total. The lowest BCUT2D eigenvalue weighted by molar-refractivity contribution is 0.100. The zero-order valence-corrected chi connectivity index (χ0v) is 13.7. The van der Waals surface area contributed by atoms with Crippen LogP contribution in [0.25, 0.3) is 0 Å². The van der Waals surface area contributed by atoms with Crippen LogP contribution in [0.3, 0.4) is 0 Å². The molecule has 1 aromatic carbocycles. The van der Waals surface area contributed by atoms with Crippen molar-refractivity contribution in [3.05, 3.63) is 41.2 Å². The molecule has 0 aliphatic heterocycles. The van der Waals surface area contributed by atoms with Crippen LogP contribution in [-0.4, -0.2) is 28.4 Å². The highest BCUT2D eigenvalue weighted by Gasteiger charge is 2.21. The molecule has 0 aliphatic carbocycles. The van der Waals surface area contributed by atoms with E-state index in [0.717, 1.165) is 4.90 Å². The van der Waals surface area contributed by atoms with E-state index in [4.69, 9.17) is 16.3 Å². The van der Waals surface area contributed by atoms with E-state index < -0.39 is 0 Å². The summed E-state index contributed by atoms with van der Waals surface area (Å²) in [5.74, 6) is 0.773. The molecule has 2 rings (SSSR count). The number of hydrogen-bond acceptors (Lipinski definition) is 4. The first kappa shape index (κ1) is 15.9. The fourth-order valence-electron chi connectivity index (χ4n) is 1.93. The molecule has 0 fully saturated rings. The molecule has 6 heteroatoms. The first-order valence-corrected chi connectivity index (χ1v) is 7.93. The Bertz CT molecular complexity index is 640. The van der Waals surface area contributed by atoms with Gasteiger partial charge in [-0.1, -0.05) is 23.7 Å². The number of ketones is 1. The molecule has 2 aromatic rings. The Morgan fingerprint density at radius 2 is 2.14 bits per heavy atom. The number of carbonyl (C=O) groups is 1. The summed E-state index contributed by atoms with van der Waals surface area (Å²) in [5.41, 5.74) is 0.507. The van der Waals surface area contributed by atoms with Crippen molar-refractivity contribution in [1.29, 1.82) is 0 Å². The number of aromatic nitrogens is 2. The molecule has 0 unspecified atom stereocenters. The maximum atomic E-state index is 12.5. The average molecular weight is 325 g/mol. The topological polar surface area (TPSA) is 44.1 Å². The van der Waals surface area contributed by atoms with Crippen LogP contribution in [0.1, 0.15) is 30.4 Å². The Balaban J connectivity index is 2.17. The van der Waals surface area contributed by atoms with Crippen molar-refractivity contribution >= 4 is 29.1 Å². The van der Waals surface area contributed by atoms with Gasteiger partial charge in [-0.25, -0.2) is 0 Å². The molecule has 0 aliphatic rings. The van der Waals surface area contributed by atoms with Gasteiger partial charge in [-0.15, -0.1) is 11.8 Å². The Morgan fingerprint density at radius 3 is 2.76 bits per heavy atom. The third-order valence-corrected chi connectivity index (χ3v) is 4.45. The van der Waals surface area contributed by atoms with E-state index in [9.17, 15) is 4.79 Å². The predicted octanol–water partition coefficient (Wildman–Crippen LogP) is 4.10. The number of carbonyl (C=O) groups excluding carboxylic acids is 1. The predicted molar refractivity (Wildman–Crippen MR) is 85.7 cm³/mol. The summed E-state index contributed by atoms with van der Waals surface area (Å²) >= 11 is 7.51. The summed E-state index contributed by atoms with van der Waals surface area (Å²) in [6.07, 6.45) is 1.58. The number of Topliss-reactive ketones (excluding diaryl/α,β-unsaturated/α-hetero) is 1. The molecule has 1 heterocycles. The van der Waals surface area contributed by atoms with Crippen LogP contribution >= 0.6 is 23.4 Å². The second kappa shape index (κ2) is 7.00. The van der Waals surface area contributed by atoms with E-state index >= 15 is 0 Å². The van der Waals surface area contributed by atoms with Crippen LogP contribution in [0.4, 0.5) is 0 Å². The number of methoxy groups -OCH3 is 1. The van der Waals surface area contributed by atoms with Gasteiger partial charge in [-0.05, 0) is 26.0 Å². The van der Waals surface area contributed by atoms with Gasteiger partial charge < -0.3 is 4.74 Å². The molecule has 1 aromatic heterocycles. The summed E-state index contributed by atoms with van der Waals surface area (Å²) in [6, 6.07) is 7.57. The highest BCUT2D eigenvalue weighted by Crippen LogP contribution is 2.29. The minimum Gasteiger partial charge on any atom is -0.493 e. The summed E-state index contributed by atoms with van der Waals surface area (Å²) in [6.45, 7) is 3.95. The minimum atomic E-state index is -0.0250. The molecule has 112 valence electrons. The number of benzene rings is 1. The van der Waals surface area contributed by atoms with Gasteiger partial charge >= 0.3 is 0 Å². The smallest absolute Gasteiger partial charge is 0.194 e. The van der Waals surface area contributed by atoms with Crippen molar-refractivity contribution in [3.63, 3.8) is 0 Å². The lowest BCUT2D eigenvalue weighted by atomic mass is 10.2. The van der Waals surface area contributed by atoms with Gasteiger partial charge in [0, 0.05) is 10.9 Å². The number of ether oxygens (including phenoxy) is 1. The number of halogens is 1. The number of hydrogen-bond donors (Lipinski definition) is 0. The molecule has 4 nitrogen and oxygen atoms in total. The van der Waals surface area contributed by atoms with Gasteiger partial charge in [0.05, 0.1) is 24.1 Å². The first-order valence-electron chi connectivity index (χ1n) is 6.56. The van der Waals surface area contributed by atoms with E-state index in [0.29, 0.717) is 22.2 Å². The number of nitrogens with zero attached hydrogens (tertiary/aromatic N) is 2. The zero-order valence-electron chi connectivity index (χ0n) is 12.2. The molecule has 0 atom stereocenters. The fraction of sp³-hybridized carbons (Fsp3) is 0.333. The largest absolute Gasteiger partial charge is 0.493 e. The highest BCUT2D eigenvalue weighted by molar-refractivity contribution is 8.00. The van der Waals surface area contributed by atoms with Crippen molar-refractivity contribution in [2.24, 2.45) is 0 Å². The maximum Gasteiger partial charge on any atom is 0.194 e. The van der Waals surface area contributed by atoms with E-state index in [1.54, 1.807) is 18.0 Å². The normalized spacial score (nSPS) is 10.9. The van der Waals surface area contributed by atoms with Crippen LogP contribution in [-0.2, 0) is 0 Å². The monoisotopic (exact) mass is 324 g/mol. The summed E-state index contributed by atoms with van der Waals surface area (Å²) in [7, 11) is 1.54. The minimum absolute atomic E-state index is 0.0250. The Morgan fingerprint density at radius 1 is 1.43 bits per heavy atom. The van der Waals surface area contributed by atoms with Crippen LogP contribution in [0.15, 0.2) is 35.4 Å². The Hall–Kier alpha value is -1.46. The van der Waals surface area contributed by atoms with Crippen molar-refractivity contribution < 1.29 is 9.53 Å². The van der Waals surface area contributed by atoms with Gasteiger partial charge in [-0.2, -0.15) is 5.10 Å². The Labute approximate surface area is 133 Å². The second-order valence-corrected chi connectivity index (χ2v) is 6.17. The van der Waals surface area contributed by atoms with Crippen LogP contribution < -0.4 is 4.74 Å². The van der Waals surface area contributed by atoms with Gasteiger partial charge in [0.25, 0.3) is 0 Å². The molecule has 0 spiro atoms. The lowest BCUT2D eigenvalue weighted by Gasteiger charge is -2.11. The maximum absolute atomic E-state index is 12.5. The van der Waals surface area contributed by atoms with Crippen molar-refractivity contribution in [2.75, 3.05) is 12.9 Å². The fourth-order valence-corrected chi connectivity index (χ4v) is 3.03. The van der Waals surface area contributed by atoms with Crippen LogP contribution in [0, 0.1) is 0 Å². The quantitative estimate of drug-likeness (QED) is 0.592. The second-order valence-electron chi connectivity index (χ2n) is 4.74. The highest BCUT2D eigenvalue weighted by atomic mass is 35.5. The van der Waals surface area contributed by atoms with E-state index in [-0.39, 0.29) is 11.8 Å². The van der Waals surface area contributed by atoms with Crippen LogP contribution in [0.5, 0.6) is 5.75 Å². The molecule has 0 saturated heterocycles. The van der Waals surface area contributed by atoms with Crippen molar-refractivity contribution in [1.82, 2.24) is 9.78 Å².